The van der Waals surface area contributed by atoms with Gasteiger partial charge in [-0.2, -0.15) is 0 Å². The molecule has 0 aromatic heterocycles. The van der Waals surface area contributed by atoms with Gasteiger partial charge in [0.05, 0.1) is 12.6 Å². The zero-order valence-corrected chi connectivity index (χ0v) is 8.93. The van der Waals surface area contributed by atoms with Crippen molar-refractivity contribution in [3.8, 4) is 0 Å². The van der Waals surface area contributed by atoms with Crippen LogP contribution in [0.2, 0.25) is 0 Å². The van der Waals surface area contributed by atoms with Gasteiger partial charge in [-0.1, -0.05) is 0 Å². The number of nitrogens with zero attached hydrogens (tertiary/aromatic N) is 1. The van der Waals surface area contributed by atoms with E-state index in [2.05, 4.69) is 0 Å². The van der Waals surface area contributed by atoms with Crippen LogP contribution in [0.15, 0.2) is 0 Å². The highest BCUT2D eigenvalue weighted by molar-refractivity contribution is 5.89. The molecule has 0 spiro atoms. The molecule has 15 heavy (non-hydrogen) atoms. The molecule has 1 fully saturated rings. The van der Waals surface area contributed by atoms with E-state index < -0.39 is 12.0 Å². The normalized spacial score (nSPS) is 20.9. The van der Waals surface area contributed by atoms with Gasteiger partial charge in [0.15, 0.2) is 0 Å². The summed E-state index contributed by atoms with van der Waals surface area (Å²) in [6, 6.07) is -0.579. The van der Waals surface area contributed by atoms with E-state index in [1.54, 1.807) is 13.8 Å². The number of aldehydes is 1. The van der Waals surface area contributed by atoms with Crippen LogP contribution in [0.3, 0.4) is 0 Å². The second kappa shape index (κ2) is 4.91. The number of carbonyl (C=O) groups excluding carboxylic acids is 3. The fourth-order valence-electron chi connectivity index (χ4n) is 1.60. The van der Waals surface area contributed by atoms with Crippen molar-refractivity contribution in [1.29, 1.82) is 0 Å². The van der Waals surface area contributed by atoms with E-state index in [1.165, 1.54) is 4.90 Å². The molecule has 0 N–H and O–H groups in total. The standard InChI is InChI=1S/C10H15NO4/c1-7(2)15-10(14)8-3-4-9(13)11(8)5-6-12/h6-8H,3-5H2,1-2H3/t8-/m0/s1. The van der Waals surface area contributed by atoms with E-state index in [0.717, 1.165) is 0 Å². The van der Waals surface area contributed by atoms with Crippen LogP contribution in [0.1, 0.15) is 26.7 Å². The number of hydrogen-bond acceptors (Lipinski definition) is 4. The van der Waals surface area contributed by atoms with Gasteiger partial charge in [-0.3, -0.25) is 4.79 Å². The lowest BCUT2D eigenvalue weighted by atomic mass is 10.2. The summed E-state index contributed by atoms with van der Waals surface area (Å²) >= 11 is 0. The Morgan fingerprint density at radius 3 is 2.87 bits per heavy atom. The van der Waals surface area contributed by atoms with E-state index in [4.69, 9.17) is 4.74 Å². The summed E-state index contributed by atoms with van der Waals surface area (Å²) in [6.07, 6.45) is 1.18. The molecule has 0 aliphatic carbocycles. The summed E-state index contributed by atoms with van der Waals surface area (Å²) in [5, 5.41) is 0. The SMILES string of the molecule is CC(C)OC(=O)[C@@H]1CCC(=O)N1CC=O. The maximum Gasteiger partial charge on any atom is 0.329 e. The maximum absolute atomic E-state index is 11.6. The summed E-state index contributed by atoms with van der Waals surface area (Å²) < 4.78 is 5.01. The highest BCUT2D eigenvalue weighted by Gasteiger charge is 2.36. The second-order valence-electron chi connectivity index (χ2n) is 3.75. The molecule has 1 amide bonds. The lowest BCUT2D eigenvalue weighted by molar-refractivity contribution is -0.155. The third kappa shape index (κ3) is 2.78. The number of likely N-dealkylation sites (tertiary alicyclic amines) is 1. The molecular formula is C10H15NO4. The smallest absolute Gasteiger partial charge is 0.329 e. The average molecular weight is 213 g/mol. The van der Waals surface area contributed by atoms with Crippen LogP contribution in [-0.2, 0) is 19.1 Å². The molecule has 0 aromatic rings. The first-order valence-electron chi connectivity index (χ1n) is 5.00. The minimum atomic E-state index is -0.579. The number of rotatable bonds is 4. The minimum Gasteiger partial charge on any atom is -0.461 e. The molecule has 1 atom stereocenters. The summed E-state index contributed by atoms with van der Waals surface area (Å²) in [6.45, 7) is 3.47. The van der Waals surface area contributed by atoms with Crippen molar-refractivity contribution in [3.05, 3.63) is 0 Å². The van der Waals surface area contributed by atoms with Crippen molar-refractivity contribution in [2.24, 2.45) is 0 Å². The van der Waals surface area contributed by atoms with Gasteiger partial charge in [0.1, 0.15) is 12.3 Å². The van der Waals surface area contributed by atoms with Crippen molar-refractivity contribution >= 4 is 18.2 Å². The number of hydrogen-bond donors (Lipinski definition) is 0. The van der Waals surface area contributed by atoms with Crippen molar-refractivity contribution in [2.75, 3.05) is 6.54 Å². The Bertz CT molecular complexity index is 275. The van der Waals surface area contributed by atoms with Crippen molar-refractivity contribution in [2.45, 2.75) is 38.8 Å². The molecule has 0 unspecified atom stereocenters. The van der Waals surface area contributed by atoms with Gasteiger partial charge >= 0.3 is 5.97 Å². The Labute approximate surface area is 88.4 Å². The van der Waals surface area contributed by atoms with Crippen LogP contribution in [0, 0.1) is 0 Å². The molecule has 1 aliphatic rings. The molecule has 5 nitrogen and oxygen atoms in total. The van der Waals surface area contributed by atoms with Crippen LogP contribution in [0.4, 0.5) is 0 Å². The van der Waals surface area contributed by atoms with E-state index in [-0.39, 0.29) is 18.6 Å². The molecule has 5 heteroatoms. The summed E-state index contributed by atoms with van der Waals surface area (Å²) in [4.78, 5) is 34.5. The molecule has 1 aliphatic heterocycles. The molecule has 0 aromatic carbocycles. The molecule has 0 radical (unpaired) electrons. The van der Waals surface area contributed by atoms with E-state index in [9.17, 15) is 14.4 Å². The van der Waals surface area contributed by atoms with Gasteiger partial charge in [0.25, 0.3) is 0 Å². The zero-order valence-electron chi connectivity index (χ0n) is 8.93. The topological polar surface area (TPSA) is 63.7 Å². The first-order valence-corrected chi connectivity index (χ1v) is 5.00. The number of carbonyl (C=O) groups is 3. The third-order valence-corrected chi connectivity index (χ3v) is 2.22. The zero-order chi connectivity index (χ0) is 11.4. The Balaban J connectivity index is 2.63. The Morgan fingerprint density at radius 2 is 2.33 bits per heavy atom. The van der Waals surface area contributed by atoms with Gasteiger partial charge < -0.3 is 14.4 Å². The maximum atomic E-state index is 11.6. The molecule has 1 heterocycles. The van der Waals surface area contributed by atoms with Crippen molar-refractivity contribution < 1.29 is 19.1 Å². The predicted molar refractivity (Wildman–Crippen MR) is 52.0 cm³/mol. The van der Waals surface area contributed by atoms with Crippen molar-refractivity contribution in [3.63, 3.8) is 0 Å². The first kappa shape index (κ1) is 11.7. The van der Waals surface area contributed by atoms with E-state index >= 15 is 0 Å². The number of amides is 1. The van der Waals surface area contributed by atoms with Gasteiger partial charge in [-0.15, -0.1) is 0 Å². The van der Waals surface area contributed by atoms with Crippen LogP contribution < -0.4 is 0 Å². The van der Waals surface area contributed by atoms with Gasteiger partial charge in [-0.05, 0) is 20.3 Å². The molecule has 0 saturated carbocycles. The summed E-state index contributed by atoms with van der Waals surface area (Å²) in [7, 11) is 0. The Hall–Kier alpha value is -1.39. The highest BCUT2D eigenvalue weighted by Crippen LogP contribution is 2.19. The monoisotopic (exact) mass is 213 g/mol. The summed E-state index contributed by atoms with van der Waals surface area (Å²) in [5.41, 5.74) is 0. The van der Waals surface area contributed by atoms with Crippen LogP contribution in [-0.4, -0.2) is 41.8 Å². The molecular weight excluding hydrogens is 198 g/mol. The van der Waals surface area contributed by atoms with Crippen LogP contribution in [0.25, 0.3) is 0 Å². The van der Waals surface area contributed by atoms with E-state index in [0.29, 0.717) is 19.1 Å². The number of ether oxygens (including phenoxy) is 1. The quantitative estimate of drug-likeness (QED) is 0.492. The minimum absolute atomic E-state index is 0.0311. The summed E-state index contributed by atoms with van der Waals surface area (Å²) in [5.74, 6) is -0.578. The van der Waals surface area contributed by atoms with Crippen LogP contribution in [0.5, 0.6) is 0 Å². The molecule has 1 saturated heterocycles. The molecule has 1 rings (SSSR count). The largest absolute Gasteiger partial charge is 0.461 e. The number of esters is 1. The van der Waals surface area contributed by atoms with Gasteiger partial charge in [0.2, 0.25) is 5.91 Å². The highest BCUT2D eigenvalue weighted by atomic mass is 16.5. The van der Waals surface area contributed by atoms with Gasteiger partial charge in [0, 0.05) is 6.42 Å². The molecule has 84 valence electrons. The predicted octanol–water partition coefficient (Wildman–Crippen LogP) is 0.128. The Kier molecular flexibility index (Phi) is 3.82. The third-order valence-electron chi connectivity index (χ3n) is 2.22. The first-order chi connectivity index (χ1) is 7.06. The van der Waals surface area contributed by atoms with Gasteiger partial charge in [-0.25, -0.2) is 4.79 Å². The Morgan fingerprint density at radius 1 is 1.67 bits per heavy atom. The van der Waals surface area contributed by atoms with Crippen LogP contribution >= 0.6 is 0 Å². The average Bonchev–Trinajstić information content (AvgIpc) is 2.48. The fourth-order valence-corrected chi connectivity index (χ4v) is 1.60. The van der Waals surface area contributed by atoms with Crippen molar-refractivity contribution in [1.82, 2.24) is 4.90 Å². The van der Waals surface area contributed by atoms with E-state index in [1.807, 2.05) is 0 Å². The lowest BCUT2D eigenvalue weighted by Crippen LogP contribution is -2.41. The molecule has 0 bridgehead atoms. The lowest BCUT2D eigenvalue weighted by Gasteiger charge is -2.21. The fraction of sp³-hybridized carbons (Fsp3) is 0.700. The second-order valence-corrected chi connectivity index (χ2v) is 3.75.